The van der Waals surface area contributed by atoms with Crippen molar-refractivity contribution < 1.29 is 23.9 Å². The van der Waals surface area contributed by atoms with Crippen molar-refractivity contribution in [3.63, 3.8) is 0 Å². The highest BCUT2D eigenvalue weighted by Crippen LogP contribution is 2.34. The number of thioether (sulfide) groups is 1. The largest absolute Gasteiger partial charge is 0.465 e. The van der Waals surface area contributed by atoms with Gasteiger partial charge >= 0.3 is 11.9 Å². The van der Waals surface area contributed by atoms with Crippen molar-refractivity contribution in [2.75, 3.05) is 24.8 Å². The lowest BCUT2D eigenvalue weighted by Crippen LogP contribution is -2.14. The number of rotatable bonds is 11. The molecule has 0 radical (unpaired) electrons. The fourth-order valence-electron chi connectivity index (χ4n) is 2.94. The molecule has 0 aliphatic rings. The van der Waals surface area contributed by atoms with Crippen LogP contribution in [0.2, 0.25) is 0 Å². The van der Waals surface area contributed by atoms with Crippen LogP contribution in [-0.4, -0.2) is 42.3 Å². The Morgan fingerprint density at radius 1 is 1.24 bits per heavy atom. The molecule has 8 nitrogen and oxygen atoms in total. The zero-order valence-corrected chi connectivity index (χ0v) is 20.8. The van der Waals surface area contributed by atoms with Gasteiger partial charge in [0.15, 0.2) is 0 Å². The number of pyridine rings is 1. The molecule has 2 aromatic rings. The number of ether oxygens (including phenoxy) is 2. The first kappa shape index (κ1) is 26.4. The molecule has 0 spiro atoms. The third-order valence-corrected chi connectivity index (χ3v) is 6.82. The number of aryl methyl sites for hydroxylation is 1. The average molecular weight is 490 g/mol. The zero-order valence-electron chi connectivity index (χ0n) is 19.1. The van der Waals surface area contributed by atoms with E-state index >= 15 is 0 Å². The summed E-state index contributed by atoms with van der Waals surface area (Å²) in [6.45, 7) is 5.60. The van der Waals surface area contributed by atoms with Crippen molar-refractivity contribution >= 4 is 45.9 Å². The lowest BCUT2D eigenvalue weighted by atomic mass is 10.1. The smallest absolute Gasteiger partial charge is 0.348 e. The highest BCUT2D eigenvalue weighted by atomic mass is 32.2. The highest BCUT2D eigenvalue weighted by molar-refractivity contribution is 7.99. The van der Waals surface area contributed by atoms with E-state index in [0.29, 0.717) is 21.9 Å². The van der Waals surface area contributed by atoms with Crippen LogP contribution >= 0.6 is 23.1 Å². The monoisotopic (exact) mass is 489 g/mol. The van der Waals surface area contributed by atoms with Gasteiger partial charge in [0.2, 0.25) is 5.91 Å². The Morgan fingerprint density at radius 3 is 2.64 bits per heavy atom. The predicted octanol–water partition coefficient (Wildman–Crippen LogP) is 4.75. The first-order valence-electron chi connectivity index (χ1n) is 10.6. The van der Waals surface area contributed by atoms with Gasteiger partial charge in [-0.05, 0) is 44.4 Å². The molecule has 0 aliphatic carbocycles. The van der Waals surface area contributed by atoms with E-state index in [4.69, 9.17) is 9.47 Å². The molecule has 0 atom stereocenters. The van der Waals surface area contributed by atoms with Crippen molar-refractivity contribution in [2.24, 2.45) is 0 Å². The maximum Gasteiger partial charge on any atom is 0.348 e. The minimum absolute atomic E-state index is 0.128. The van der Waals surface area contributed by atoms with Gasteiger partial charge in [0.05, 0.1) is 24.8 Å². The molecule has 1 amide bonds. The van der Waals surface area contributed by atoms with Crippen LogP contribution in [0.25, 0.3) is 0 Å². The van der Waals surface area contributed by atoms with E-state index in [2.05, 4.69) is 23.3 Å². The van der Waals surface area contributed by atoms with E-state index < -0.39 is 11.9 Å². The minimum Gasteiger partial charge on any atom is -0.465 e. The Balaban J connectivity index is 2.09. The number of thiophene rings is 1. The second-order valence-corrected chi connectivity index (χ2v) is 9.09. The number of methoxy groups -OCH3 is 1. The van der Waals surface area contributed by atoms with Crippen LogP contribution in [0.3, 0.4) is 0 Å². The molecule has 2 heterocycles. The molecular weight excluding hydrogens is 462 g/mol. The second kappa shape index (κ2) is 13.0. The maximum absolute atomic E-state index is 12.6. The third-order valence-electron chi connectivity index (χ3n) is 4.64. The van der Waals surface area contributed by atoms with Crippen LogP contribution in [0.1, 0.15) is 70.0 Å². The van der Waals surface area contributed by atoms with Crippen LogP contribution < -0.4 is 5.32 Å². The Kier molecular flexibility index (Phi) is 10.4. The molecule has 0 unspecified atom stereocenters. The Bertz CT molecular complexity index is 1060. The first-order valence-corrected chi connectivity index (χ1v) is 12.4. The van der Waals surface area contributed by atoms with Crippen LogP contribution in [0.15, 0.2) is 17.2 Å². The van der Waals surface area contributed by atoms with Crippen molar-refractivity contribution in [1.29, 1.82) is 5.26 Å². The van der Waals surface area contributed by atoms with E-state index in [0.717, 1.165) is 36.3 Å². The minimum atomic E-state index is -0.643. The summed E-state index contributed by atoms with van der Waals surface area (Å²) in [5.74, 6) is -1.13. The van der Waals surface area contributed by atoms with Gasteiger partial charge in [0.25, 0.3) is 0 Å². The fourth-order valence-corrected chi connectivity index (χ4v) is 4.98. The number of esters is 2. The predicted molar refractivity (Wildman–Crippen MR) is 128 cm³/mol. The maximum atomic E-state index is 12.6. The summed E-state index contributed by atoms with van der Waals surface area (Å²) < 4.78 is 9.85. The number of hydrogen-bond donors (Lipinski definition) is 1. The number of anilines is 1. The average Bonchev–Trinajstić information content (AvgIpc) is 3.13. The molecule has 176 valence electrons. The molecular formula is C23H27N3O5S2. The second-order valence-electron chi connectivity index (χ2n) is 6.99. The molecule has 33 heavy (non-hydrogen) atoms. The standard InChI is InChI=1S/C23H27N3O5S2/c1-5-7-8-16-10-9-15(13-24)20(25-16)32-12-11-17(27)26-21-18(22(28)30-4)14(3)19(33-21)23(29)31-6-2/h9-10H,5-8,11-12H2,1-4H3,(H,26,27). The molecule has 2 aromatic heterocycles. The van der Waals surface area contributed by atoms with Gasteiger partial charge in [0.1, 0.15) is 21.0 Å². The molecule has 10 heteroatoms. The normalized spacial score (nSPS) is 10.4. The summed E-state index contributed by atoms with van der Waals surface area (Å²) in [5.41, 5.74) is 1.94. The van der Waals surface area contributed by atoms with Gasteiger partial charge in [0, 0.05) is 17.9 Å². The Labute approximate surface area is 201 Å². The summed E-state index contributed by atoms with van der Waals surface area (Å²) in [6.07, 6.45) is 3.04. The number of aromatic nitrogens is 1. The summed E-state index contributed by atoms with van der Waals surface area (Å²) >= 11 is 2.32. The number of carbonyl (C=O) groups excluding carboxylic acids is 3. The van der Waals surface area contributed by atoms with Gasteiger partial charge < -0.3 is 14.8 Å². The van der Waals surface area contributed by atoms with Crippen molar-refractivity contribution in [3.05, 3.63) is 39.4 Å². The first-order chi connectivity index (χ1) is 15.9. The summed E-state index contributed by atoms with van der Waals surface area (Å²) in [5, 5.41) is 12.9. The van der Waals surface area contributed by atoms with E-state index in [1.54, 1.807) is 19.9 Å². The molecule has 0 fully saturated rings. The molecule has 0 saturated heterocycles. The lowest BCUT2D eigenvalue weighted by molar-refractivity contribution is -0.115. The topological polar surface area (TPSA) is 118 Å². The number of nitrogens with one attached hydrogen (secondary N) is 1. The van der Waals surface area contributed by atoms with Gasteiger partial charge in [-0.15, -0.1) is 23.1 Å². The van der Waals surface area contributed by atoms with Gasteiger partial charge in [-0.25, -0.2) is 14.6 Å². The quantitative estimate of drug-likeness (QED) is 0.355. The molecule has 1 N–H and O–H groups in total. The number of amides is 1. The van der Waals surface area contributed by atoms with E-state index in [9.17, 15) is 19.6 Å². The van der Waals surface area contributed by atoms with E-state index in [1.165, 1.54) is 18.9 Å². The van der Waals surface area contributed by atoms with Crippen LogP contribution in [0.5, 0.6) is 0 Å². The number of hydrogen-bond acceptors (Lipinski definition) is 9. The number of nitrogens with zero attached hydrogens (tertiary/aromatic N) is 2. The number of nitriles is 1. The van der Waals surface area contributed by atoms with Crippen molar-refractivity contribution in [3.8, 4) is 6.07 Å². The van der Waals surface area contributed by atoms with Crippen LogP contribution in [0.4, 0.5) is 5.00 Å². The molecule has 2 rings (SSSR count). The number of carbonyl (C=O) groups is 3. The lowest BCUT2D eigenvalue weighted by Gasteiger charge is -2.08. The van der Waals surface area contributed by atoms with Crippen LogP contribution in [-0.2, 0) is 20.7 Å². The highest BCUT2D eigenvalue weighted by Gasteiger charge is 2.27. The fraction of sp³-hybridized carbons (Fsp3) is 0.435. The Morgan fingerprint density at radius 2 is 2.00 bits per heavy atom. The molecule has 0 aromatic carbocycles. The summed E-state index contributed by atoms with van der Waals surface area (Å²) in [4.78, 5) is 41.8. The Hall–Kier alpha value is -2.90. The van der Waals surface area contributed by atoms with Crippen LogP contribution in [0, 0.1) is 18.3 Å². The summed E-state index contributed by atoms with van der Waals surface area (Å²) in [6, 6.07) is 5.75. The summed E-state index contributed by atoms with van der Waals surface area (Å²) in [7, 11) is 1.24. The van der Waals surface area contributed by atoms with Crippen molar-refractivity contribution in [2.45, 2.75) is 51.5 Å². The zero-order chi connectivity index (χ0) is 24.4. The molecule has 0 aliphatic heterocycles. The van der Waals surface area contributed by atoms with E-state index in [1.807, 2.05) is 6.07 Å². The van der Waals surface area contributed by atoms with Gasteiger partial charge in [-0.3, -0.25) is 4.79 Å². The SMILES string of the molecule is CCCCc1ccc(C#N)c(SCCC(=O)Nc2sc(C(=O)OCC)c(C)c2C(=O)OC)n1. The third kappa shape index (κ3) is 7.04. The van der Waals surface area contributed by atoms with Crippen molar-refractivity contribution in [1.82, 2.24) is 4.98 Å². The molecule has 0 bridgehead atoms. The molecule has 0 saturated carbocycles. The van der Waals surface area contributed by atoms with Gasteiger partial charge in [-0.1, -0.05) is 13.3 Å². The number of unbranched alkanes of at least 4 members (excludes halogenated alkanes) is 1. The van der Waals surface area contributed by atoms with E-state index in [-0.39, 0.29) is 34.4 Å². The van der Waals surface area contributed by atoms with Gasteiger partial charge in [-0.2, -0.15) is 5.26 Å².